The van der Waals surface area contributed by atoms with E-state index in [1.165, 1.54) is 6.26 Å². The second-order valence-electron chi connectivity index (χ2n) is 0.918. The van der Waals surface area contributed by atoms with Crippen molar-refractivity contribution in [3.8, 4) is 0 Å². The van der Waals surface area contributed by atoms with Crippen LogP contribution in [0.1, 0.15) is 0 Å². The van der Waals surface area contributed by atoms with Gasteiger partial charge in [-0.25, -0.2) is 0 Å². The van der Waals surface area contributed by atoms with Crippen molar-refractivity contribution in [3.63, 3.8) is 0 Å². The molecule has 0 aromatic rings. The summed E-state index contributed by atoms with van der Waals surface area (Å²) in [4.78, 5) is 8.31. The van der Waals surface area contributed by atoms with Crippen LogP contribution in [0.25, 0.3) is 0 Å². The summed E-state index contributed by atoms with van der Waals surface area (Å²) in [7, 11) is 3.78. The van der Waals surface area contributed by atoms with Crippen LogP contribution in [0, 0.1) is 0 Å². The summed E-state index contributed by atoms with van der Waals surface area (Å²) in [6.07, 6.45) is 1.44. The van der Waals surface area contributed by atoms with Crippen molar-refractivity contribution in [2.75, 3.05) is 6.26 Å². The molecule has 0 aliphatic rings. The van der Waals surface area contributed by atoms with Crippen LogP contribution in [0.2, 0.25) is 0 Å². The van der Waals surface area contributed by atoms with E-state index in [4.69, 9.17) is 26.8 Å². The van der Waals surface area contributed by atoms with Gasteiger partial charge in [-0.05, 0) is 17.5 Å². The quantitative estimate of drug-likeness (QED) is 0.482. The lowest BCUT2D eigenvalue weighted by Crippen LogP contribution is -1.60. The summed E-state index contributed by atoms with van der Waals surface area (Å²) in [6, 6.07) is 0. The fourth-order valence-corrected chi connectivity index (χ4v) is 0. The largest absolute Gasteiger partial charge is 0.336 e. The van der Waals surface area contributed by atoms with Crippen LogP contribution in [0.4, 0.5) is 0 Å². The molecular weight excluding hydrogens is 178 g/mol. The number of halogens is 2. The van der Waals surface area contributed by atoms with Gasteiger partial charge in [0.25, 0.3) is 0 Å². The van der Waals surface area contributed by atoms with Crippen molar-refractivity contribution in [2.24, 2.45) is 0 Å². The zero-order chi connectivity index (χ0) is 6.08. The Bertz CT molecular complexity index is 97.9. The molecule has 7 heavy (non-hydrogen) atoms. The first kappa shape index (κ1) is 8.12. The minimum absolute atomic E-state index is 1.39. The van der Waals surface area contributed by atoms with E-state index in [1.807, 2.05) is 0 Å². The lowest BCUT2D eigenvalue weighted by Gasteiger charge is -2.05. The zero-order valence-corrected chi connectivity index (χ0v) is 6.81. The van der Waals surface area contributed by atoms with Gasteiger partial charge in [0.1, 0.15) is 0 Å². The maximum absolute atomic E-state index is 10.1. The molecule has 1 N–H and O–H groups in total. The van der Waals surface area contributed by atoms with Crippen molar-refractivity contribution in [1.82, 2.24) is 0 Å². The molecule has 0 fully saturated rings. The third-order valence-corrected chi connectivity index (χ3v) is 7.64. The van der Waals surface area contributed by atoms with Crippen molar-refractivity contribution in [2.45, 2.75) is 0 Å². The van der Waals surface area contributed by atoms with E-state index in [9.17, 15) is 4.57 Å². The molecule has 0 radical (unpaired) electrons. The molecule has 0 heterocycles. The van der Waals surface area contributed by atoms with E-state index in [0.29, 0.717) is 0 Å². The van der Waals surface area contributed by atoms with E-state index < -0.39 is 15.7 Å². The Balaban J connectivity index is 3.80. The zero-order valence-electron chi connectivity index (χ0n) is 3.51. The van der Waals surface area contributed by atoms with Gasteiger partial charge in [-0.2, -0.15) is 0 Å². The molecule has 0 aliphatic carbocycles. The van der Waals surface area contributed by atoms with Gasteiger partial charge in [-0.15, -0.1) is 0 Å². The van der Waals surface area contributed by atoms with Gasteiger partial charge in [0.05, 0.1) is 0 Å². The highest BCUT2D eigenvalue weighted by Crippen LogP contribution is 2.70. The first-order valence-electron chi connectivity index (χ1n) is 1.37. The molecule has 0 bridgehead atoms. The number of hydrogen-bond acceptors (Lipinski definition) is 1. The van der Waals surface area contributed by atoms with E-state index in [-0.39, 0.29) is 0 Å². The summed E-state index contributed by atoms with van der Waals surface area (Å²) >= 11 is 4.88. The van der Waals surface area contributed by atoms with E-state index in [1.54, 1.807) is 0 Å². The second-order valence-corrected chi connectivity index (χ2v) is 10.5. The molecular formula is CH5Cl2O2PS. The molecule has 0 aromatic heterocycles. The van der Waals surface area contributed by atoms with Gasteiger partial charge in [0.15, 0.2) is 0 Å². The van der Waals surface area contributed by atoms with Gasteiger partial charge in [0.2, 0.25) is 0 Å². The normalized spacial score (nSPS) is 26.0. The number of thiol groups is 1. The molecule has 6 heteroatoms. The SMILES string of the molecule is C[SH](Cl)P(=O)(O)Cl. The molecule has 0 aliphatic heterocycles. The van der Waals surface area contributed by atoms with Gasteiger partial charge in [-0.3, -0.25) is 4.57 Å². The van der Waals surface area contributed by atoms with Crippen molar-refractivity contribution in [1.29, 1.82) is 0 Å². The maximum Gasteiger partial charge on any atom is 0.336 e. The topological polar surface area (TPSA) is 37.3 Å². The van der Waals surface area contributed by atoms with Crippen LogP contribution in [0.15, 0.2) is 0 Å². The smallest absolute Gasteiger partial charge is 0.326 e. The predicted octanol–water partition coefficient (Wildman–Crippen LogP) is 2.11. The number of hydrogen-bond donors (Lipinski definition) is 2. The molecule has 0 saturated carbocycles. The third kappa shape index (κ3) is 3.68. The molecule has 46 valence electrons. The third-order valence-electron chi connectivity index (χ3n) is 0.340. The predicted molar refractivity (Wildman–Crippen MR) is 36.4 cm³/mol. The molecule has 2 nitrogen and oxygen atoms in total. The Hall–Kier alpha value is 1.12. The monoisotopic (exact) mass is 182 g/mol. The van der Waals surface area contributed by atoms with E-state index in [0.717, 1.165) is 0 Å². The first-order chi connectivity index (χ1) is 2.94. The number of rotatable bonds is 1. The van der Waals surface area contributed by atoms with Gasteiger partial charge < -0.3 is 4.89 Å². The fraction of sp³-hybridized carbons (Fsp3) is 1.00. The van der Waals surface area contributed by atoms with Gasteiger partial charge >= 0.3 is 5.92 Å². The molecule has 2 unspecified atom stereocenters. The summed E-state index contributed by atoms with van der Waals surface area (Å²) in [6.45, 7) is 0. The molecule has 2 atom stereocenters. The van der Waals surface area contributed by atoms with E-state index in [2.05, 4.69) is 0 Å². The minimum Gasteiger partial charge on any atom is -0.326 e. The molecule has 0 amide bonds. The Labute approximate surface area is 53.7 Å². The standard InChI is InChI=1S/CH5Cl2O2PS/c1-7(3)6(2,4)5/h7H,1H3,(H,4,5). The molecule has 0 rings (SSSR count). The Morgan fingerprint density at radius 2 is 2.00 bits per heavy atom. The lowest BCUT2D eigenvalue weighted by molar-refractivity contribution is 0.513. The highest BCUT2D eigenvalue weighted by atomic mass is 35.8. The summed E-state index contributed by atoms with van der Waals surface area (Å²) < 4.78 is 10.1. The highest BCUT2D eigenvalue weighted by molar-refractivity contribution is 8.82. The summed E-state index contributed by atoms with van der Waals surface area (Å²) in [5, 5.41) is 0. The highest BCUT2D eigenvalue weighted by Gasteiger charge is 2.16. The minimum atomic E-state index is -3.44. The van der Waals surface area contributed by atoms with Crippen LogP contribution in [-0.4, -0.2) is 11.1 Å². The lowest BCUT2D eigenvalue weighted by atomic mass is 12.0. The van der Waals surface area contributed by atoms with Crippen molar-refractivity contribution < 1.29 is 9.46 Å². The van der Waals surface area contributed by atoms with E-state index >= 15 is 0 Å². The van der Waals surface area contributed by atoms with Crippen molar-refractivity contribution >= 4 is 37.6 Å². The van der Waals surface area contributed by atoms with Crippen molar-refractivity contribution in [3.05, 3.63) is 0 Å². The van der Waals surface area contributed by atoms with Crippen LogP contribution in [0.5, 0.6) is 0 Å². The van der Waals surface area contributed by atoms with Gasteiger partial charge in [-0.1, -0.05) is 20.4 Å². The Morgan fingerprint density at radius 1 is 1.86 bits per heavy atom. The Morgan fingerprint density at radius 3 is 2.00 bits per heavy atom. The summed E-state index contributed by atoms with van der Waals surface area (Å²) in [5.41, 5.74) is 0. The average molecular weight is 183 g/mol. The van der Waals surface area contributed by atoms with Crippen LogP contribution < -0.4 is 0 Å². The summed E-state index contributed by atoms with van der Waals surface area (Å²) in [5.74, 6) is -3.44. The molecule has 0 saturated heterocycles. The molecule has 0 spiro atoms. The Kier molecular flexibility index (Phi) is 3.02. The molecule has 0 aromatic carbocycles. The van der Waals surface area contributed by atoms with Gasteiger partial charge in [0, 0.05) is 0 Å². The van der Waals surface area contributed by atoms with Crippen LogP contribution >= 0.6 is 37.6 Å². The van der Waals surface area contributed by atoms with Crippen LogP contribution in [0.3, 0.4) is 0 Å². The van der Waals surface area contributed by atoms with Crippen LogP contribution in [-0.2, 0) is 4.57 Å². The maximum atomic E-state index is 10.1. The average Bonchev–Trinajstić information content (AvgIpc) is 1.31. The fourth-order valence-electron chi connectivity index (χ4n) is 0. The second kappa shape index (κ2) is 2.60. The first-order valence-corrected chi connectivity index (χ1v) is 7.33.